The predicted molar refractivity (Wildman–Crippen MR) is 85.0 cm³/mol. The highest BCUT2D eigenvalue weighted by atomic mass is 79.9. The molecule has 0 radical (unpaired) electrons. The molecule has 0 amide bonds. The molecule has 0 spiro atoms. The average Bonchev–Trinajstić information content (AvgIpc) is 2.86. The molecule has 0 aliphatic heterocycles. The van der Waals surface area contributed by atoms with Crippen LogP contribution in [0, 0.1) is 6.92 Å². The van der Waals surface area contributed by atoms with E-state index in [0.717, 1.165) is 20.9 Å². The summed E-state index contributed by atoms with van der Waals surface area (Å²) in [6.07, 6.45) is 1.76. The number of aryl methyl sites for hydroxylation is 1. The number of halogens is 1. The van der Waals surface area contributed by atoms with E-state index in [0.29, 0.717) is 16.8 Å². The fraction of sp³-hybridized carbons (Fsp3) is 0.0625. The first-order valence-corrected chi connectivity index (χ1v) is 7.03. The van der Waals surface area contributed by atoms with Crippen molar-refractivity contribution in [2.24, 2.45) is 0 Å². The molecule has 3 rings (SSSR count). The van der Waals surface area contributed by atoms with E-state index >= 15 is 0 Å². The summed E-state index contributed by atoms with van der Waals surface area (Å²) in [5, 5.41) is 0.971. The molecule has 0 saturated heterocycles. The van der Waals surface area contributed by atoms with Crippen molar-refractivity contribution < 1.29 is 4.79 Å². The minimum atomic E-state index is -0.0234. The standard InChI is InChI=1S/C16H13BrN2O/c1-9-3-2-4-14-15(9)11(8-19-14)16(20)10-5-6-12(17)13(18)7-10/h2-8,19H,18H2,1H3. The number of fused-ring (bicyclic) bond motifs is 1. The zero-order valence-electron chi connectivity index (χ0n) is 10.9. The van der Waals surface area contributed by atoms with Crippen molar-refractivity contribution >= 4 is 38.3 Å². The van der Waals surface area contributed by atoms with Gasteiger partial charge >= 0.3 is 0 Å². The Morgan fingerprint density at radius 3 is 2.80 bits per heavy atom. The number of hydrogen-bond acceptors (Lipinski definition) is 2. The Bertz CT molecular complexity index is 820. The van der Waals surface area contributed by atoms with Crippen molar-refractivity contribution in [1.82, 2.24) is 4.98 Å². The number of carbonyl (C=O) groups is 1. The maximum absolute atomic E-state index is 12.6. The number of aromatic nitrogens is 1. The van der Waals surface area contributed by atoms with Crippen LogP contribution in [0.15, 0.2) is 47.1 Å². The van der Waals surface area contributed by atoms with Gasteiger partial charge in [0.25, 0.3) is 0 Å². The normalized spacial score (nSPS) is 10.9. The zero-order chi connectivity index (χ0) is 14.3. The number of nitrogens with one attached hydrogen (secondary N) is 1. The predicted octanol–water partition coefficient (Wildman–Crippen LogP) is 4.05. The van der Waals surface area contributed by atoms with Crippen molar-refractivity contribution in [2.45, 2.75) is 6.92 Å². The largest absolute Gasteiger partial charge is 0.398 e. The minimum absolute atomic E-state index is 0.0234. The van der Waals surface area contributed by atoms with Gasteiger partial charge in [-0.05, 0) is 52.7 Å². The lowest BCUT2D eigenvalue weighted by atomic mass is 10.00. The van der Waals surface area contributed by atoms with E-state index in [2.05, 4.69) is 20.9 Å². The lowest BCUT2D eigenvalue weighted by molar-refractivity contribution is 0.104. The van der Waals surface area contributed by atoms with Crippen molar-refractivity contribution in [2.75, 3.05) is 5.73 Å². The van der Waals surface area contributed by atoms with Gasteiger partial charge in [0, 0.05) is 38.4 Å². The molecule has 2 aromatic carbocycles. The van der Waals surface area contributed by atoms with Crippen molar-refractivity contribution in [3.63, 3.8) is 0 Å². The molecule has 100 valence electrons. The van der Waals surface area contributed by atoms with Crippen LogP contribution in [0.2, 0.25) is 0 Å². The maximum atomic E-state index is 12.6. The van der Waals surface area contributed by atoms with Gasteiger partial charge in [0.15, 0.2) is 5.78 Å². The Balaban J connectivity index is 2.15. The molecule has 3 aromatic rings. The third-order valence-electron chi connectivity index (χ3n) is 3.42. The van der Waals surface area contributed by atoms with Crippen molar-refractivity contribution in [1.29, 1.82) is 0 Å². The van der Waals surface area contributed by atoms with Crippen LogP contribution in [-0.2, 0) is 0 Å². The van der Waals surface area contributed by atoms with E-state index in [4.69, 9.17) is 5.73 Å². The Kier molecular flexibility index (Phi) is 3.10. The van der Waals surface area contributed by atoms with Crippen LogP contribution >= 0.6 is 15.9 Å². The van der Waals surface area contributed by atoms with Crippen LogP contribution in [0.5, 0.6) is 0 Å². The molecule has 0 unspecified atom stereocenters. The number of rotatable bonds is 2. The number of ketones is 1. The smallest absolute Gasteiger partial charge is 0.195 e. The number of anilines is 1. The number of nitrogens with two attached hydrogens (primary N) is 1. The quantitative estimate of drug-likeness (QED) is 0.550. The van der Waals surface area contributed by atoms with Crippen LogP contribution in [0.25, 0.3) is 10.9 Å². The number of nitrogen functional groups attached to an aromatic ring is 1. The fourth-order valence-corrected chi connectivity index (χ4v) is 2.63. The van der Waals surface area contributed by atoms with Crippen molar-refractivity contribution in [3.05, 3.63) is 63.8 Å². The van der Waals surface area contributed by atoms with Crippen LogP contribution in [-0.4, -0.2) is 10.8 Å². The van der Waals surface area contributed by atoms with Gasteiger partial charge in [-0.3, -0.25) is 4.79 Å². The first kappa shape index (κ1) is 12.9. The lowest BCUT2D eigenvalue weighted by Crippen LogP contribution is -2.02. The van der Waals surface area contributed by atoms with E-state index in [-0.39, 0.29) is 5.78 Å². The molecule has 0 aliphatic carbocycles. The number of carbonyl (C=O) groups excluding carboxylic acids is 1. The van der Waals surface area contributed by atoms with Crippen molar-refractivity contribution in [3.8, 4) is 0 Å². The molecule has 0 saturated carbocycles. The van der Waals surface area contributed by atoms with Gasteiger partial charge in [0.2, 0.25) is 0 Å². The Hall–Kier alpha value is -2.07. The van der Waals surface area contributed by atoms with E-state index in [9.17, 15) is 4.79 Å². The molecular weight excluding hydrogens is 316 g/mol. The lowest BCUT2D eigenvalue weighted by Gasteiger charge is -2.04. The second kappa shape index (κ2) is 4.80. The Labute approximate surface area is 124 Å². The van der Waals surface area contributed by atoms with E-state index in [1.807, 2.05) is 25.1 Å². The highest BCUT2D eigenvalue weighted by molar-refractivity contribution is 9.10. The molecule has 0 bridgehead atoms. The molecule has 1 heterocycles. The highest BCUT2D eigenvalue weighted by Gasteiger charge is 2.16. The molecule has 20 heavy (non-hydrogen) atoms. The van der Waals surface area contributed by atoms with E-state index in [1.54, 1.807) is 24.4 Å². The Morgan fingerprint density at radius 1 is 1.25 bits per heavy atom. The third-order valence-corrected chi connectivity index (χ3v) is 4.14. The van der Waals surface area contributed by atoms with Gasteiger partial charge in [0.1, 0.15) is 0 Å². The topological polar surface area (TPSA) is 58.9 Å². The van der Waals surface area contributed by atoms with Crippen LogP contribution in [0.4, 0.5) is 5.69 Å². The maximum Gasteiger partial charge on any atom is 0.195 e. The van der Waals surface area contributed by atoms with E-state index in [1.165, 1.54) is 0 Å². The summed E-state index contributed by atoms with van der Waals surface area (Å²) in [7, 11) is 0. The van der Waals surface area contributed by atoms with Gasteiger partial charge in [-0.15, -0.1) is 0 Å². The summed E-state index contributed by atoms with van der Waals surface area (Å²) in [4.78, 5) is 15.8. The molecule has 0 atom stereocenters. The second-order valence-electron chi connectivity index (χ2n) is 4.77. The van der Waals surface area contributed by atoms with Gasteiger partial charge in [-0.25, -0.2) is 0 Å². The first-order chi connectivity index (χ1) is 9.58. The van der Waals surface area contributed by atoms with Gasteiger partial charge in [-0.1, -0.05) is 12.1 Å². The summed E-state index contributed by atoms with van der Waals surface area (Å²) in [5.41, 5.74) is 9.73. The summed E-state index contributed by atoms with van der Waals surface area (Å²) in [6.45, 7) is 2.00. The first-order valence-electron chi connectivity index (χ1n) is 6.24. The highest BCUT2D eigenvalue weighted by Crippen LogP contribution is 2.26. The van der Waals surface area contributed by atoms with Crippen LogP contribution in [0.1, 0.15) is 21.5 Å². The average molecular weight is 329 g/mol. The third kappa shape index (κ3) is 2.02. The number of aromatic amines is 1. The summed E-state index contributed by atoms with van der Waals surface area (Å²) in [5.74, 6) is -0.0234. The summed E-state index contributed by atoms with van der Waals surface area (Å²) in [6, 6.07) is 11.2. The number of benzene rings is 2. The number of hydrogen-bond donors (Lipinski definition) is 2. The molecule has 0 fully saturated rings. The number of H-pyrrole nitrogens is 1. The molecular formula is C16H13BrN2O. The van der Waals surface area contributed by atoms with Crippen LogP contribution in [0.3, 0.4) is 0 Å². The Morgan fingerprint density at radius 2 is 2.05 bits per heavy atom. The SMILES string of the molecule is Cc1cccc2[nH]cc(C(=O)c3ccc(Br)c(N)c3)c12. The zero-order valence-corrected chi connectivity index (χ0v) is 12.5. The van der Waals surface area contributed by atoms with E-state index < -0.39 is 0 Å². The molecule has 3 nitrogen and oxygen atoms in total. The fourth-order valence-electron chi connectivity index (χ4n) is 2.39. The van der Waals surface area contributed by atoms with Gasteiger partial charge in [0.05, 0.1) is 0 Å². The molecule has 0 aliphatic rings. The second-order valence-corrected chi connectivity index (χ2v) is 5.62. The summed E-state index contributed by atoms with van der Waals surface area (Å²) >= 11 is 3.34. The monoisotopic (exact) mass is 328 g/mol. The minimum Gasteiger partial charge on any atom is -0.398 e. The van der Waals surface area contributed by atoms with Crippen LogP contribution < -0.4 is 5.73 Å². The van der Waals surface area contributed by atoms with Gasteiger partial charge in [-0.2, -0.15) is 0 Å². The molecule has 3 N–H and O–H groups in total. The molecule has 1 aromatic heterocycles. The molecule has 4 heteroatoms. The summed E-state index contributed by atoms with van der Waals surface area (Å²) < 4.78 is 0.796. The van der Waals surface area contributed by atoms with Gasteiger partial charge < -0.3 is 10.7 Å².